The lowest BCUT2D eigenvalue weighted by molar-refractivity contribution is -0.155. The van der Waals surface area contributed by atoms with Crippen LogP contribution in [0.25, 0.3) is 0 Å². The van der Waals surface area contributed by atoms with E-state index in [-0.39, 0.29) is 24.0 Å². The van der Waals surface area contributed by atoms with Crippen molar-refractivity contribution in [3.05, 3.63) is 23.8 Å². The Balaban J connectivity index is 2.89. The van der Waals surface area contributed by atoms with Gasteiger partial charge in [-0.15, -0.1) is 0 Å². The third kappa shape index (κ3) is 12.1. The average molecular weight is 542 g/mol. The van der Waals surface area contributed by atoms with E-state index in [1.165, 1.54) is 18.2 Å². The van der Waals surface area contributed by atoms with Crippen LogP contribution in [0.3, 0.4) is 0 Å². The first-order chi connectivity index (χ1) is 17.7. The van der Waals surface area contributed by atoms with Crippen LogP contribution >= 0.6 is 0 Å². The maximum absolute atomic E-state index is 12.6. The largest absolute Gasteiger partial charge is 0.514 e. The van der Waals surface area contributed by atoms with Gasteiger partial charge in [0.2, 0.25) is 0 Å². The summed E-state index contributed by atoms with van der Waals surface area (Å²) >= 11 is 0. The Bertz CT molecular complexity index is 947. The summed E-state index contributed by atoms with van der Waals surface area (Å²) in [6, 6.07) is 3.18. The lowest BCUT2D eigenvalue weighted by atomic mass is 10.1. The molecule has 0 aliphatic heterocycles. The van der Waals surface area contributed by atoms with E-state index in [4.69, 9.17) is 38.9 Å². The quantitative estimate of drug-likeness (QED) is 0.221. The molecule has 0 fully saturated rings. The molecule has 214 valence electrons. The molecule has 0 aromatic heterocycles. The van der Waals surface area contributed by atoms with Crippen LogP contribution in [0.15, 0.2) is 18.2 Å². The minimum Gasteiger partial charge on any atom is -0.458 e. The number of carbonyl (C=O) groups excluding carboxylic acids is 4. The standard InChI is InChI=1S/C26H39NO11/c1-9-16(6)34-26(31)36-18(8)17(7)35-23(28)20(27)12-19-10-11-21(37-24(29)32-14(2)3)22(13-19)38-25(30)33-15(4)5/h10-11,13-18,20H,9,12,27H2,1-8H3/t16?,17-,18-,20-/m0/s1. The molecule has 0 bridgehead atoms. The summed E-state index contributed by atoms with van der Waals surface area (Å²) in [6.07, 6.45) is -5.01. The predicted molar refractivity (Wildman–Crippen MR) is 135 cm³/mol. The Kier molecular flexibility index (Phi) is 13.4. The van der Waals surface area contributed by atoms with Crippen LogP contribution in [-0.2, 0) is 34.9 Å². The third-order valence-electron chi connectivity index (χ3n) is 4.93. The van der Waals surface area contributed by atoms with Gasteiger partial charge in [-0.2, -0.15) is 0 Å². The maximum atomic E-state index is 12.6. The second-order valence-electron chi connectivity index (χ2n) is 9.18. The molecule has 0 amide bonds. The zero-order chi connectivity index (χ0) is 29.0. The first-order valence-corrected chi connectivity index (χ1v) is 12.4. The van der Waals surface area contributed by atoms with Crippen molar-refractivity contribution in [1.82, 2.24) is 0 Å². The number of hydrogen-bond donors (Lipinski definition) is 1. The zero-order valence-electron chi connectivity index (χ0n) is 23.2. The van der Waals surface area contributed by atoms with Crippen molar-refractivity contribution < 1.29 is 52.3 Å². The van der Waals surface area contributed by atoms with Gasteiger partial charge in [-0.25, -0.2) is 14.4 Å². The molecule has 1 unspecified atom stereocenters. The van der Waals surface area contributed by atoms with Crippen LogP contribution < -0.4 is 15.2 Å². The van der Waals surface area contributed by atoms with E-state index in [1.54, 1.807) is 48.5 Å². The van der Waals surface area contributed by atoms with Gasteiger partial charge in [0.15, 0.2) is 11.5 Å². The molecule has 1 aromatic rings. The minimum absolute atomic E-state index is 0.0108. The molecule has 0 saturated carbocycles. The van der Waals surface area contributed by atoms with Crippen LogP contribution in [0, 0.1) is 0 Å². The Morgan fingerprint density at radius 2 is 1.24 bits per heavy atom. The summed E-state index contributed by atoms with van der Waals surface area (Å²) in [6.45, 7) is 13.3. The summed E-state index contributed by atoms with van der Waals surface area (Å²) in [5, 5.41) is 0. The smallest absolute Gasteiger partial charge is 0.458 e. The fourth-order valence-corrected chi connectivity index (χ4v) is 2.68. The van der Waals surface area contributed by atoms with Crippen molar-refractivity contribution in [2.75, 3.05) is 0 Å². The number of esters is 1. The molecule has 2 N–H and O–H groups in total. The van der Waals surface area contributed by atoms with Crippen LogP contribution in [0.4, 0.5) is 14.4 Å². The monoisotopic (exact) mass is 541 g/mol. The van der Waals surface area contributed by atoms with Crippen molar-refractivity contribution in [3.8, 4) is 11.5 Å². The molecule has 0 spiro atoms. The van der Waals surface area contributed by atoms with Gasteiger partial charge in [-0.1, -0.05) is 13.0 Å². The molecule has 38 heavy (non-hydrogen) atoms. The van der Waals surface area contributed by atoms with Crippen LogP contribution in [0.2, 0.25) is 0 Å². The number of carbonyl (C=O) groups is 4. The number of ether oxygens (including phenoxy) is 7. The highest BCUT2D eigenvalue weighted by molar-refractivity contribution is 5.76. The van der Waals surface area contributed by atoms with Crippen LogP contribution in [0.1, 0.15) is 67.4 Å². The van der Waals surface area contributed by atoms with Gasteiger partial charge >= 0.3 is 24.4 Å². The van der Waals surface area contributed by atoms with Gasteiger partial charge in [0.25, 0.3) is 0 Å². The summed E-state index contributed by atoms with van der Waals surface area (Å²) in [7, 11) is 0. The van der Waals surface area contributed by atoms with Crippen molar-refractivity contribution in [1.29, 1.82) is 0 Å². The van der Waals surface area contributed by atoms with E-state index in [9.17, 15) is 19.2 Å². The SMILES string of the molecule is CCC(C)OC(=O)O[C@@H](C)[C@H](C)OC(=O)[C@@H](N)Cc1ccc(OC(=O)OC(C)C)c(OC(=O)OC(C)C)c1. The highest BCUT2D eigenvalue weighted by atomic mass is 16.8. The fraction of sp³-hybridized carbons (Fsp3) is 0.615. The first kappa shape index (κ1) is 32.5. The molecule has 4 atom stereocenters. The first-order valence-electron chi connectivity index (χ1n) is 12.4. The molecule has 1 rings (SSSR count). The Morgan fingerprint density at radius 3 is 1.76 bits per heavy atom. The molecular weight excluding hydrogens is 502 g/mol. The van der Waals surface area contributed by atoms with Gasteiger partial charge in [0.1, 0.15) is 24.4 Å². The van der Waals surface area contributed by atoms with Gasteiger partial charge in [0, 0.05) is 0 Å². The van der Waals surface area contributed by atoms with Crippen molar-refractivity contribution >= 4 is 24.4 Å². The molecule has 0 radical (unpaired) electrons. The lowest BCUT2D eigenvalue weighted by Gasteiger charge is -2.23. The molecule has 12 nitrogen and oxygen atoms in total. The van der Waals surface area contributed by atoms with E-state index in [2.05, 4.69) is 0 Å². The third-order valence-corrected chi connectivity index (χ3v) is 4.93. The molecule has 0 saturated heterocycles. The number of benzene rings is 1. The second-order valence-corrected chi connectivity index (χ2v) is 9.18. The van der Waals surface area contributed by atoms with E-state index in [0.717, 1.165) is 0 Å². The summed E-state index contributed by atoms with van der Waals surface area (Å²) in [4.78, 5) is 48.4. The number of hydrogen-bond acceptors (Lipinski definition) is 12. The van der Waals surface area contributed by atoms with Gasteiger partial charge in [-0.05, 0) is 79.0 Å². The van der Waals surface area contributed by atoms with E-state index >= 15 is 0 Å². The molecule has 0 aliphatic rings. The summed E-state index contributed by atoms with van der Waals surface area (Å²) < 4.78 is 35.8. The van der Waals surface area contributed by atoms with Gasteiger partial charge in [0.05, 0.1) is 12.2 Å². The van der Waals surface area contributed by atoms with Crippen molar-refractivity contribution in [2.45, 2.75) is 105 Å². The topological polar surface area (TPSA) is 159 Å². The molecule has 12 heteroatoms. The van der Waals surface area contributed by atoms with Crippen molar-refractivity contribution in [2.24, 2.45) is 5.73 Å². The normalized spacial score (nSPS) is 14.1. The van der Waals surface area contributed by atoms with Gasteiger partial charge < -0.3 is 38.9 Å². The van der Waals surface area contributed by atoms with E-state index in [0.29, 0.717) is 12.0 Å². The minimum atomic E-state index is -1.11. The lowest BCUT2D eigenvalue weighted by Crippen LogP contribution is -2.39. The Morgan fingerprint density at radius 1 is 0.711 bits per heavy atom. The highest BCUT2D eigenvalue weighted by Gasteiger charge is 2.26. The molecule has 0 aliphatic carbocycles. The van der Waals surface area contributed by atoms with Gasteiger partial charge in [-0.3, -0.25) is 4.79 Å². The number of rotatable bonds is 12. The van der Waals surface area contributed by atoms with Crippen molar-refractivity contribution in [3.63, 3.8) is 0 Å². The Hall–Kier alpha value is -3.54. The molecule has 0 heterocycles. The van der Waals surface area contributed by atoms with E-state index < -0.39 is 54.9 Å². The zero-order valence-corrected chi connectivity index (χ0v) is 23.2. The fourth-order valence-electron chi connectivity index (χ4n) is 2.68. The second kappa shape index (κ2) is 15.7. The number of nitrogens with two attached hydrogens (primary N) is 1. The Labute approximate surface area is 223 Å². The van der Waals surface area contributed by atoms with E-state index in [1.807, 2.05) is 6.92 Å². The molecule has 1 aromatic carbocycles. The summed E-state index contributed by atoms with van der Waals surface area (Å²) in [5.74, 6) is -0.976. The maximum Gasteiger partial charge on any atom is 0.514 e. The highest BCUT2D eigenvalue weighted by Crippen LogP contribution is 2.30. The summed E-state index contributed by atoms with van der Waals surface area (Å²) in [5.41, 5.74) is 6.50. The predicted octanol–water partition coefficient (Wildman–Crippen LogP) is 4.68. The van der Waals surface area contributed by atoms with Crippen LogP contribution in [0.5, 0.6) is 11.5 Å². The molecular formula is C26H39NO11. The average Bonchev–Trinajstić information content (AvgIpc) is 2.79. The van der Waals surface area contributed by atoms with Crippen LogP contribution in [-0.4, -0.2) is 61.0 Å².